The molecule has 4 aromatic rings. The summed E-state index contributed by atoms with van der Waals surface area (Å²) < 4.78 is 6.10. The van der Waals surface area contributed by atoms with Crippen LogP contribution in [0.4, 0.5) is 10.5 Å². The van der Waals surface area contributed by atoms with E-state index in [0.29, 0.717) is 36.4 Å². The number of ether oxygens (including phenoxy) is 1. The molecule has 0 fully saturated rings. The van der Waals surface area contributed by atoms with Crippen molar-refractivity contribution in [2.45, 2.75) is 39.0 Å². The molecule has 0 aliphatic rings. The maximum atomic E-state index is 11.6. The summed E-state index contributed by atoms with van der Waals surface area (Å²) in [6, 6.07) is 25.8. The van der Waals surface area contributed by atoms with E-state index in [1.165, 1.54) is 6.07 Å². The number of aryl methyl sites for hydroxylation is 1. The second kappa shape index (κ2) is 16.1. The minimum atomic E-state index is -1.10. The number of benzene rings is 4. The number of carbonyl (C=O) groups is 2. The van der Waals surface area contributed by atoms with Crippen LogP contribution in [0.2, 0.25) is 0 Å². The maximum absolute atomic E-state index is 11.6. The number of hydrogen-bond donors (Lipinski definition) is 6. The Morgan fingerprint density at radius 2 is 1.69 bits per heavy atom. The number of aliphatic hydroxyl groups excluding tert-OH is 1. The largest absolute Gasteiger partial charge is 0.506 e. The highest BCUT2D eigenvalue weighted by Gasteiger charge is 2.18. The first-order chi connectivity index (χ1) is 21.8. The average Bonchev–Trinajstić information content (AvgIpc) is 3.03. The highest BCUT2D eigenvalue weighted by Crippen LogP contribution is 2.34. The molecule has 0 aliphatic heterocycles. The van der Waals surface area contributed by atoms with E-state index < -0.39 is 18.2 Å². The van der Waals surface area contributed by atoms with E-state index in [1.54, 1.807) is 18.2 Å². The van der Waals surface area contributed by atoms with E-state index in [9.17, 15) is 24.9 Å². The maximum Gasteiger partial charge on any atom is 0.405 e. The molecule has 0 saturated heterocycles. The van der Waals surface area contributed by atoms with Gasteiger partial charge in [0.15, 0.2) is 0 Å². The number of phenolic OH excluding ortho intramolecular Hbond substituents is 1. The number of rotatable bonds is 15. The lowest BCUT2D eigenvalue weighted by atomic mass is 9.97. The van der Waals surface area contributed by atoms with Crippen LogP contribution in [0.15, 0.2) is 91.0 Å². The van der Waals surface area contributed by atoms with E-state index in [4.69, 9.17) is 4.74 Å². The van der Waals surface area contributed by atoms with Crippen molar-refractivity contribution in [3.05, 3.63) is 130 Å². The fraction of sp³-hybridized carbons (Fsp3) is 0.222. The predicted octanol–water partition coefficient (Wildman–Crippen LogP) is 6.10. The molecule has 0 aromatic heterocycles. The van der Waals surface area contributed by atoms with Gasteiger partial charge in [-0.2, -0.15) is 0 Å². The molecule has 0 heterocycles. The summed E-state index contributed by atoms with van der Waals surface area (Å²) in [6.45, 7) is 5.04. The number of hydrogen-bond acceptors (Lipinski definition) is 6. The van der Waals surface area contributed by atoms with Crippen LogP contribution < -0.4 is 20.7 Å². The first-order valence-corrected chi connectivity index (χ1v) is 14.7. The Morgan fingerprint density at radius 3 is 2.42 bits per heavy atom. The smallest absolute Gasteiger partial charge is 0.405 e. The first-order valence-electron chi connectivity index (χ1n) is 14.7. The van der Waals surface area contributed by atoms with E-state index in [2.05, 4.69) is 22.0 Å². The van der Waals surface area contributed by atoms with Crippen molar-refractivity contribution in [3.8, 4) is 11.5 Å². The van der Waals surface area contributed by atoms with Crippen molar-refractivity contribution in [3.63, 3.8) is 0 Å². The summed E-state index contributed by atoms with van der Waals surface area (Å²) in [5.74, 6) is 0.564. The molecule has 0 radical (unpaired) electrons. The van der Waals surface area contributed by atoms with Gasteiger partial charge in [0.1, 0.15) is 18.1 Å². The van der Waals surface area contributed by atoms with Crippen LogP contribution in [0.1, 0.15) is 58.0 Å². The van der Waals surface area contributed by atoms with Gasteiger partial charge in [0.05, 0.1) is 17.8 Å². The summed E-state index contributed by atoms with van der Waals surface area (Å²) in [7, 11) is 0. The Kier molecular flexibility index (Phi) is 11.7. The zero-order valence-corrected chi connectivity index (χ0v) is 25.4. The molecule has 4 aromatic carbocycles. The van der Waals surface area contributed by atoms with Crippen molar-refractivity contribution in [2.75, 3.05) is 18.4 Å². The minimum absolute atomic E-state index is 0.0719. The monoisotopic (exact) mass is 609 g/mol. The zero-order chi connectivity index (χ0) is 32.2. The van der Waals surface area contributed by atoms with E-state index >= 15 is 0 Å². The van der Waals surface area contributed by atoms with Crippen LogP contribution in [0.25, 0.3) is 6.08 Å². The lowest BCUT2D eigenvalue weighted by Crippen LogP contribution is -2.27. The second-order valence-corrected chi connectivity index (χ2v) is 10.7. The van der Waals surface area contributed by atoms with Gasteiger partial charge in [-0.05, 0) is 72.8 Å². The normalized spacial score (nSPS) is 12.4. The van der Waals surface area contributed by atoms with Gasteiger partial charge >= 0.3 is 6.09 Å². The summed E-state index contributed by atoms with van der Waals surface area (Å²) in [5, 5.41) is 38.9. The number of amides is 2. The Hall–Kier alpha value is -5.12. The van der Waals surface area contributed by atoms with Crippen LogP contribution >= 0.6 is 0 Å². The topological polar surface area (TPSA) is 140 Å². The van der Waals surface area contributed by atoms with Gasteiger partial charge in [0.25, 0.3) is 0 Å². The van der Waals surface area contributed by atoms with Crippen molar-refractivity contribution >= 4 is 24.3 Å². The predicted molar refractivity (Wildman–Crippen MR) is 175 cm³/mol. The number of nitrogens with one attached hydrogen (secondary N) is 3. The second-order valence-electron chi connectivity index (χ2n) is 10.7. The van der Waals surface area contributed by atoms with Gasteiger partial charge in [0.2, 0.25) is 6.41 Å². The van der Waals surface area contributed by atoms with Crippen LogP contribution in [0, 0.1) is 6.92 Å². The standard InChI is InChI=1S/C36H39N3O6/c1-3-7-31-30(14-15-32(41)35(31)38-23-40)33(42)21-37-17-16-25-9-5-10-26(19-25)22-45-29-13-6-12-28(20-29)34(39-36(43)44)27-11-4-8-24(2)18-27/h3-15,18-20,23,33-34,37,39,41-42H,16-17,21-22H2,1-2H3,(H,38,40)(H,43,44)/b7-3-. The fourth-order valence-electron chi connectivity index (χ4n) is 5.21. The molecule has 0 aliphatic carbocycles. The van der Waals surface area contributed by atoms with Crippen molar-refractivity contribution in [2.24, 2.45) is 0 Å². The molecule has 2 atom stereocenters. The number of carbonyl (C=O) groups excluding carboxylic acids is 1. The summed E-state index contributed by atoms with van der Waals surface area (Å²) >= 11 is 0. The summed E-state index contributed by atoms with van der Waals surface area (Å²) in [5.41, 5.74) is 6.18. The molecule has 45 heavy (non-hydrogen) atoms. The van der Waals surface area contributed by atoms with Gasteiger partial charge < -0.3 is 36.0 Å². The van der Waals surface area contributed by atoms with Crippen molar-refractivity contribution in [1.82, 2.24) is 10.6 Å². The SMILES string of the molecule is C/C=C\c1c(C(O)CNCCc2cccc(COc3cccc(C(NC(=O)O)c4cccc(C)c4)c3)c2)ccc(O)c1NC=O. The summed E-state index contributed by atoms with van der Waals surface area (Å²) in [6.07, 6.45) is 2.78. The number of anilines is 1. The molecule has 2 unspecified atom stereocenters. The third kappa shape index (κ3) is 9.18. The molecule has 0 spiro atoms. The van der Waals surface area contributed by atoms with Gasteiger partial charge in [-0.1, -0.05) is 84.4 Å². The highest BCUT2D eigenvalue weighted by atomic mass is 16.5. The molecule has 4 rings (SSSR count). The van der Waals surface area contributed by atoms with Crippen LogP contribution in [0.3, 0.4) is 0 Å². The number of phenols is 1. The molecular formula is C36H39N3O6. The first kappa shape index (κ1) is 32.8. The minimum Gasteiger partial charge on any atom is -0.506 e. The summed E-state index contributed by atoms with van der Waals surface area (Å²) in [4.78, 5) is 22.6. The molecule has 9 heteroatoms. The molecule has 2 amide bonds. The molecular weight excluding hydrogens is 570 g/mol. The van der Waals surface area contributed by atoms with Gasteiger partial charge in [-0.15, -0.1) is 0 Å². The molecule has 9 nitrogen and oxygen atoms in total. The third-order valence-corrected chi connectivity index (χ3v) is 7.31. The molecule has 234 valence electrons. The fourth-order valence-corrected chi connectivity index (χ4v) is 5.21. The van der Waals surface area contributed by atoms with Crippen molar-refractivity contribution in [1.29, 1.82) is 0 Å². The van der Waals surface area contributed by atoms with E-state index in [0.717, 1.165) is 34.2 Å². The number of aromatic hydroxyl groups is 1. The van der Waals surface area contributed by atoms with Gasteiger partial charge in [0, 0.05) is 12.1 Å². The third-order valence-electron chi connectivity index (χ3n) is 7.31. The van der Waals surface area contributed by atoms with Crippen LogP contribution in [0.5, 0.6) is 11.5 Å². The molecule has 0 saturated carbocycles. The molecule has 6 N–H and O–H groups in total. The van der Waals surface area contributed by atoms with Gasteiger partial charge in [-0.25, -0.2) is 4.79 Å². The Bertz CT molecular complexity index is 1640. The van der Waals surface area contributed by atoms with Gasteiger partial charge in [-0.3, -0.25) is 4.79 Å². The lowest BCUT2D eigenvalue weighted by molar-refractivity contribution is -0.105. The quantitative estimate of drug-likeness (QED) is 0.0543. The zero-order valence-electron chi connectivity index (χ0n) is 25.4. The lowest BCUT2D eigenvalue weighted by Gasteiger charge is -2.19. The van der Waals surface area contributed by atoms with Crippen LogP contribution in [-0.4, -0.2) is 40.9 Å². The Labute approximate surface area is 263 Å². The number of carboxylic acid groups (broad SMARTS) is 1. The number of allylic oxidation sites excluding steroid dienone is 1. The van der Waals surface area contributed by atoms with E-state index in [-0.39, 0.29) is 18.0 Å². The molecule has 0 bridgehead atoms. The highest BCUT2D eigenvalue weighted by molar-refractivity contribution is 5.84. The average molecular weight is 610 g/mol. The Morgan fingerprint density at radius 1 is 0.956 bits per heavy atom. The van der Waals surface area contributed by atoms with Crippen LogP contribution in [-0.2, 0) is 17.8 Å². The Balaban J connectivity index is 1.34. The van der Waals surface area contributed by atoms with Crippen molar-refractivity contribution < 1.29 is 29.6 Å². The van der Waals surface area contributed by atoms with E-state index in [1.807, 2.05) is 80.6 Å². The number of aliphatic hydroxyl groups is 1.